The topological polar surface area (TPSA) is 75.7 Å². The third-order valence-corrected chi connectivity index (χ3v) is 18.9. The van der Waals surface area contributed by atoms with Gasteiger partial charge in [0.05, 0.1) is 11.9 Å². The van der Waals surface area contributed by atoms with Crippen molar-refractivity contribution in [1.29, 1.82) is 0 Å². The van der Waals surface area contributed by atoms with Gasteiger partial charge in [-0.1, -0.05) is 65.3 Å². The van der Waals surface area contributed by atoms with Gasteiger partial charge in [-0.05, 0) is 180 Å². The van der Waals surface area contributed by atoms with E-state index in [1.54, 1.807) is 11.1 Å². The molecule has 6 aliphatic rings. The molecule has 1 N–H and O–H groups in total. The van der Waals surface area contributed by atoms with E-state index in [2.05, 4.69) is 70.5 Å². The molecule has 6 nitrogen and oxygen atoms in total. The molecule has 5 aliphatic carbocycles. The average molecular weight is 767 g/mol. The number of rotatable bonds is 10. The summed E-state index contributed by atoms with van der Waals surface area (Å²) in [6.45, 7) is 26.2. The zero-order valence-electron chi connectivity index (χ0n) is 35.7. The van der Waals surface area contributed by atoms with Crippen molar-refractivity contribution in [3.05, 3.63) is 35.5 Å². The average Bonchev–Trinajstić information content (AvgIpc) is 3.47. The third-order valence-electron chi connectivity index (χ3n) is 17.2. The van der Waals surface area contributed by atoms with Gasteiger partial charge in [0.25, 0.3) is 0 Å². The molecular weight excluding hydrogens is 689 g/mol. The molecule has 306 valence electrons. The highest BCUT2D eigenvalue weighted by atomic mass is 32.2. The first-order valence-corrected chi connectivity index (χ1v) is 24.3. The first kappa shape index (κ1) is 42.2. The first-order valence-electron chi connectivity index (χ1n) is 22.3. The van der Waals surface area contributed by atoms with Crippen molar-refractivity contribution in [1.82, 2.24) is 10.2 Å². The summed E-state index contributed by atoms with van der Waals surface area (Å²) in [4.78, 5) is 14.7. The molecule has 0 amide bonds. The number of nitrogens with one attached hydrogen (secondary N) is 1. The van der Waals surface area contributed by atoms with Gasteiger partial charge in [0.15, 0.2) is 0 Å². The zero-order chi connectivity index (χ0) is 39.1. The van der Waals surface area contributed by atoms with Crippen LogP contribution in [0, 0.1) is 51.8 Å². The monoisotopic (exact) mass is 767 g/mol. The van der Waals surface area contributed by atoms with Crippen LogP contribution in [0.2, 0.25) is 0 Å². The highest BCUT2D eigenvalue weighted by Crippen LogP contribution is 2.68. The minimum Gasteiger partial charge on any atom is -0.466 e. The number of ether oxygens (including phenoxy) is 1. The van der Waals surface area contributed by atoms with Gasteiger partial charge in [-0.15, -0.1) is 0 Å². The second-order valence-corrected chi connectivity index (χ2v) is 22.8. The van der Waals surface area contributed by atoms with Gasteiger partial charge in [0.2, 0.25) is 0 Å². The lowest BCUT2D eigenvalue weighted by molar-refractivity contribution is -0.144. The summed E-state index contributed by atoms with van der Waals surface area (Å²) in [5, 5.41) is 4.11. The standard InChI is InChI=1S/C47H78N2O4S/c1-10-53-43(50)32-35-14-16-36(17-15-35)39-20-24-46(8)41(44(39,5)6)21-25-45(7)34(4)18-26-47(27-19-38(33(2)3)40(47)12-11-13-42(45)46)48-28-31-49-29-22-37(23-30-49)54(9,51)52/h16,20,34-35,37-38,40-42,48H,2,10-15,17-19,21-32H2,1,3-9H3. The predicted octanol–water partition coefficient (Wildman–Crippen LogP) is 10.1. The molecule has 1 heterocycles. The van der Waals surface area contributed by atoms with Crippen molar-refractivity contribution in [3.63, 3.8) is 0 Å². The van der Waals surface area contributed by atoms with Gasteiger partial charge in [-0.25, -0.2) is 8.42 Å². The quantitative estimate of drug-likeness (QED) is 0.176. The Morgan fingerprint density at radius 1 is 0.944 bits per heavy atom. The molecule has 0 spiro atoms. The van der Waals surface area contributed by atoms with E-state index in [9.17, 15) is 13.2 Å². The van der Waals surface area contributed by atoms with Crippen LogP contribution in [0.3, 0.4) is 0 Å². The van der Waals surface area contributed by atoms with Gasteiger partial charge >= 0.3 is 5.97 Å². The molecule has 0 radical (unpaired) electrons. The van der Waals surface area contributed by atoms with Crippen molar-refractivity contribution in [2.45, 2.75) is 162 Å². The molecule has 9 atom stereocenters. The van der Waals surface area contributed by atoms with E-state index in [1.807, 2.05) is 6.92 Å². The van der Waals surface area contributed by atoms with Crippen molar-refractivity contribution >= 4 is 15.8 Å². The Bertz CT molecular complexity index is 1540. The van der Waals surface area contributed by atoms with Crippen LogP contribution in [0.1, 0.15) is 151 Å². The van der Waals surface area contributed by atoms with Crippen LogP contribution in [0.4, 0.5) is 0 Å². The molecule has 9 unspecified atom stereocenters. The molecule has 0 aromatic rings. The van der Waals surface area contributed by atoms with Crippen molar-refractivity contribution < 1.29 is 17.9 Å². The van der Waals surface area contributed by atoms with Gasteiger partial charge < -0.3 is 15.0 Å². The predicted molar refractivity (Wildman–Crippen MR) is 224 cm³/mol. The molecule has 0 aromatic heterocycles. The third kappa shape index (κ3) is 8.27. The fraction of sp³-hybridized carbons (Fsp3) is 0.851. The van der Waals surface area contributed by atoms with E-state index >= 15 is 0 Å². The Morgan fingerprint density at radius 3 is 2.31 bits per heavy atom. The number of hydrogen-bond acceptors (Lipinski definition) is 6. The van der Waals surface area contributed by atoms with E-state index < -0.39 is 9.84 Å². The molecule has 6 rings (SSSR count). The van der Waals surface area contributed by atoms with Crippen molar-refractivity contribution in [2.75, 3.05) is 39.0 Å². The van der Waals surface area contributed by atoms with Crippen molar-refractivity contribution in [2.24, 2.45) is 51.8 Å². The van der Waals surface area contributed by atoms with E-state index in [0.717, 1.165) is 58.3 Å². The molecule has 1 saturated heterocycles. The fourth-order valence-corrected chi connectivity index (χ4v) is 15.1. The van der Waals surface area contributed by atoms with Crippen LogP contribution in [-0.4, -0.2) is 69.1 Å². The van der Waals surface area contributed by atoms with Gasteiger partial charge in [-0.2, -0.15) is 0 Å². The van der Waals surface area contributed by atoms with Crippen molar-refractivity contribution in [3.8, 4) is 0 Å². The van der Waals surface area contributed by atoms with E-state index in [-0.39, 0.29) is 22.2 Å². The summed E-state index contributed by atoms with van der Waals surface area (Å²) in [5.74, 6) is 3.66. The maximum absolute atomic E-state index is 12.2. The second-order valence-electron chi connectivity index (χ2n) is 20.5. The molecule has 3 saturated carbocycles. The number of carbonyl (C=O) groups is 1. The summed E-state index contributed by atoms with van der Waals surface area (Å²) in [5.41, 5.74) is 5.48. The maximum Gasteiger partial charge on any atom is 0.306 e. The largest absolute Gasteiger partial charge is 0.466 e. The summed E-state index contributed by atoms with van der Waals surface area (Å²) >= 11 is 0. The van der Waals surface area contributed by atoms with Crippen LogP contribution in [0.15, 0.2) is 35.5 Å². The molecular formula is C47H78N2O4S. The summed E-state index contributed by atoms with van der Waals surface area (Å²) in [6, 6.07) is 0. The van der Waals surface area contributed by atoms with E-state index in [0.29, 0.717) is 59.4 Å². The number of allylic oxidation sites excluding steroid dienone is 5. The maximum atomic E-state index is 12.2. The van der Waals surface area contributed by atoms with E-state index in [4.69, 9.17) is 4.74 Å². The number of hydrogen-bond donors (Lipinski definition) is 1. The van der Waals surface area contributed by atoms with Gasteiger partial charge in [-0.3, -0.25) is 4.79 Å². The number of fused-ring (bicyclic) bond motifs is 4. The number of piperidine rings is 1. The highest BCUT2D eigenvalue weighted by molar-refractivity contribution is 7.91. The molecule has 4 fully saturated rings. The van der Waals surface area contributed by atoms with Gasteiger partial charge in [0, 0.05) is 31.3 Å². The Balaban J connectivity index is 1.17. The summed E-state index contributed by atoms with van der Waals surface area (Å²) < 4.78 is 29.6. The van der Waals surface area contributed by atoms with Crippen LogP contribution >= 0.6 is 0 Å². The Kier molecular flexibility index (Phi) is 12.8. The minimum atomic E-state index is -2.94. The number of sulfone groups is 1. The number of carbonyl (C=O) groups excluding carboxylic acids is 1. The Labute approximate surface area is 331 Å². The zero-order valence-corrected chi connectivity index (χ0v) is 36.6. The van der Waals surface area contributed by atoms with Crippen LogP contribution in [-0.2, 0) is 19.4 Å². The first-order chi connectivity index (χ1) is 25.4. The Hall–Kier alpha value is -1.44. The lowest BCUT2D eigenvalue weighted by Crippen LogP contribution is -2.57. The normalized spacial score (nSPS) is 39.3. The van der Waals surface area contributed by atoms with Gasteiger partial charge in [0.1, 0.15) is 9.84 Å². The molecule has 1 aliphatic heterocycles. The summed E-state index contributed by atoms with van der Waals surface area (Å²) in [7, 11) is -2.94. The van der Waals surface area contributed by atoms with Crippen LogP contribution in [0.5, 0.6) is 0 Å². The Morgan fingerprint density at radius 2 is 1.67 bits per heavy atom. The SMILES string of the molecule is C=C(C)C1CCC2(NCCN3CCC(S(C)(=O)=O)CC3)CCC(C)C3(C)CCC4C(C)(C)C(C5=CCC(CC(=O)OCC)CC5)=CCC4(C)C3CCCC12. The van der Waals surface area contributed by atoms with Crippen LogP contribution in [0.25, 0.3) is 0 Å². The number of esters is 1. The lowest BCUT2D eigenvalue weighted by atomic mass is 9.40. The molecule has 7 heteroatoms. The molecule has 0 aromatic carbocycles. The minimum absolute atomic E-state index is 0.0388. The second kappa shape index (κ2) is 16.4. The smallest absolute Gasteiger partial charge is 0.306 e. The summed E-state index contributed by atoms with van der Waals surface area (Å²) in [6.07, 6.45) is 24.6. The molecule has 0 bridgehead atoms. The lowest BCUT2D eigenvalue weighted by Gasteiger charge is -2.64. The highest BCUT2D eigenvalue weighted by Gasteiger charge is 2.60. The fourth-order valence-electron chi connectivity index (χ4n) is 14.0. The molecule has 54 heavy (non-hydrogen) atoms. The van der Waals surface area contributed by atoms with E-state index in [1.165, 1.54) is 76.0 Å². The number of likely N-dealkylation sites (tertiary alicyclic amines) is 1. The van der Waals surface area contributed by atoms with Crippen LogP contribution < -0.4 is 5.32 Å². The number of nitrogens with zero attached hydrogens (tertiary/aromatic N) is 1.